The summed E-state index contributed by atoms with van der Waals surface area (Å²) in [5.74, 6) is -0.336. The second-order valence-corrected chi connectivity index (χ2v) is 9.72. The number of nitrogens with zero attached hydrogens (tertiary/aromatic N) is 1. The van der Waals surface area contributed by atoms with Crippen LogP contribution in [0.1, 0.15) is 0 Å². The first kappa shape index (κ1) is 22.5. The fraction of sp³-hybridized carbons (Fsp3) is 0.0952. The van der Waals surface area contributed by atoms with Crippen molar-refractivity contribution in [2.75, 3.05) is 17.2 Å². The average Bonchev–Trinajstić information content (AvgIpc) is 2.74. The van der Waals surface area contributed by atoms with E-state index < -0.39 is 15.9 Å². The van der Waals surface area contributed by atoms with Crippen LogP contribution in [0.2, 0.25) is 10.0 Å². The first-order chi connectivity index (χ1) is 14.3. The third kappa shape index (κ3) is 5.10. The van der Waals surface area contributed by atoms with Gasteiger partial charge in [-0.25, -0.2) is 12.7 Å². The van der Waals surface area contributed by atoms with Gasteiger partial charge in [0.15, 0.2) is 0 Å². The summed E-state index contributed by atoms with van der Waals surface area (Å²) < 4.78 is 32.5. The van der Waals surface area contributed by atoms with Crippen molar-refractivity contribution in [3.8, 4) is 5.75 Å². The summed E-state index contributed by atoms with van der Waals surface area (Å²) >= 11 is 13.3. The van der Waals surface area contributed by atoms with Gasteiger partial charge in [-0.1, -0.05) is 41.4 Å². The highest BCUT2D eigenvalue weighted by Crippen LogP contribution is 2.33. The summed E-state index contributed by atoms with van der Waals surface area (Å²) in [7, 11) is -2.70. The van der Waals surface area contributed by atoms with Crippen LogP contribution in [0.4, 0.5) is 5.69 Å². The summed E-state index contributed by atoms with van der Waals surface area (Å²) in [6, 6.07) is 19.1. The van der Waals surface area contributed by atoms with Crippen LogP contribution in [0.15, 0.2) is 82.6 Å². The van der Waals surface area contributed by atoms with Crippen LogP contribution in [-0.2, 0) is 14.8 Å². The number of carbonyl (C=O) groups is 1. The Kier molecular flexibility index (Phi) is 7.31. The van der Waals surface area contributed by atoms with Crippen LogP contribution in [-0.4, -0.2) is 27.2 Å². The van der Waals surface area contributed by atoms with E-state index in [0.717, 1.165) is 9.20 Å². The normalized spacial score (nSPS) is 11.2. The van der Waals surface area contributed by atoms with E-state index in [1.54, 1.807) is 42.5 Å². The number of methoxy groups -OCH3 is 1. The van der Waals surface area contributed by atoms with Gasteiger partial charge in [0.25, 0.3) is 15.9 Å². The van der Waals surface area contributed by atoms with Gasteiger partial charge in [-0.3, -0.25) is 4.79 Å². The quantitative estimate of drug-likeness (QED) is 0.415. The lowest BCUT2D eigenvalue weighted by molar-refractivity contribution is -0.115. The summed E-state index contributed by atoms with van der Waals surface area (Å²) in [6.07, 6.45) is 0. The third-order valence-corrected chi connectivity index (χ3v) is 7.36. The second-order valence-electron chi connectivity index (χ2n) is 6.04. The summed E-state index contributed by atoms with van der Waals surface area (Å²) in [4.78, 5) is 13.9. The smallest absolute Gasteiger partial charge is 0.270 e. The van der Waals surface area contributed by atoms with Gasteiger partial charge in [0.05, 0.1) is 28.5 Å². The number of halogens is 2. The summed E-state index contributed by atoms with van der Waals surface area (Å²) in [6.45, 7) is 0. The molecule has 0 bridgehead atoms. The molecule has 0 aliphatic heterocycles. The molecule has 0 spiro atoms. The molecule has 30 heavy (non-hydrogen) atoms. The molecule has 0 unspecified atom stereocenters. The van der Waals surface area contributed by atoms with E-state index in [-0.39, 0.29) is 21.4 Å². The highest BCUT2D eigenvalue weighted by molar-refractivity contribution is 8.00. The van der Waals surface area contributed by atoms with Crippen LogP contribution < -0.4 is 9.04 Å². The fourth-order valence-corrected chi connectivity index (χ4v) is 5.27. The van der Waals surface area contributed by atoms with E-state index in [1.807, 2.05) is 0 Å². The number of benzene rings is 3. The van der Waals surface area contributed by atoms with Crippen molar-refractivity contribution in [1.82, 2.24) is 0 Å². The van der Waals surface area contributed by atoms with Crippen LogP contribution in [0.5, 0.6) is 5.75 Å². The summed E-state index contributed by atoms with van der Waals surface area (Å²) in [5.41, 5.74) is 0.131. The highest BCUT2D eigenvalue weighted by Gasteiger charge is 2.31. The van der Waals surface area contributed by atoms with Crippen LogP contribution >= 0.6 is 35.0 Å². The molecule has 9 heteroatoms. The Morgan fingerprint density at radius 3 is 2.27 bits per heavy atom. The van der Waals surface area contributed by atoms with Crippen LogP contribution in [0, 0.1) is 0 Å². The Balaban J connectivity index is 1.97. The van der Waals surface area contributed by atoms with Gasteiger partial charge in [-0.05, 0) is 54.6 Å². The van der Waals surface area contributed by atoms with Gasteiger partial charge in [-0.2, -0.15) is 0 Å². The Bertz CT molecular complexity index is 1140. The molecule has 0 radical (unpaired) electrons. The van der Waals surface area contributed by atoms with Crippen molar-refractivity contribution in [1.29, 1.82) is 0 Å². The largest absolute Gasteiger partial charge is 0.495 e. The topological polar surface area (TPSA) is 63.7 Å². The highest BCUT2D eigenvalue weighted by atomic mass is 35.5. The minimum Gasteiger partial charge on any atom is -0.495 e. The molecule has 0 aromatic heterocycles. The predicted octanol–water partition coefficient (Wildman–Crippen LogP) is 5.52. The van der Waals surface area contributed by atoms with Gasteiger partial charge in [0.1, 0.15) is 5.75 Å². The van der Waals surface area contributed by atoms with E-state index in [4.69, 9.17) is 27.9 Å². The molecular formula is C21H17Cl2NO4S2. The Morgan fingerprint density at radius 2 is 1.67 bits per heavy atom. The molecule has 0 saturated carbocycles. The molecule has 0 N–H and O–H groups in total. The van der Waals surface area contributed by atoms with Gasteiger partial charge in [-0.15, -0.1) is 11.8 Å². The van der Waals surface area contributed by atoms with Crippen molar-refractivity contribution >= 4 is 56.6 Å². The van der Waals surface area contributed by atoms with E-state index in [9.17, 15) is 13.2 Å². The van der Waals surface area contributed by atoms with Crippen molar-refractivity contribution in [2.24, 2.45) is 0 Å². The lowest BCUT2D eigenvalue weighted by Crippen LogP contribution is -2.38. The van der Waals surface area contributed by atoms with E-state index >= 15 is 0 Å². The Morgan fingerprint density at radius 1 is 1.00 bits per heavy atom. The molecule has 0 saturated heterocycles. The maximum Gasteiger partial charge on any atom is 0.270 e. The monoisotopic (exact) mass is 481 g/mol. The molecule has 5 nitrogen and oxygen atoms in total. The van der Waals surface area contributed by atoms with Crippen molar-refractivity contribution in [3.63, 3.8) is 0 Å². The zero-order chi connectivity index (χ0) is 21.7. The van der Waals surface area contributed by atoms with Crippen LogP contribution in [0.25, 0.3) is 0 Å². The molecule has 3 aromatic carbocycles. The lowest BCUT2D eigenvalue weighted by atomic mass is 10.3. The standard InChI is InChI=1S/C21H17Cl2NO4S2/c1-28-20-12-9-16(13-19(20)23)24(30(26,27)18-5-3-2-4-6-18)21(25)14-29-17-10-7-15(22)8-11-17/h2-13H,14H2,1H3. The first-order valence-corrected chi connectivity index (χ1v) is 11.9. The van der Waals surface area contributed by atoms with Crippen molar-refractivity contribution in [3.05, 3.63) is 82.8 Å². The minimum atomic E-state index is -4.15. The maximum absolute atomic E-state index is 13.3. The fourth-order valence-electron chi connectivity index (χ4n) is 2.63. The van der Waals surface area contributed by atoms with Crippen LogP contribution in [0.3, 0.4) is 0 Å². The molecule has 3 rings (SSSR count). The average molecular weight is 482 g/mol. The lowest BCUT2D eigenvalue weighted by Gasteiger charge is -2.23. The molecule has 0 heterocycles. The molecule has 0 fully saturated rings. The third-order valence-electron chi connectivity index (χ3n) is 4.05. The number of hydrogen-bond acceptors (Lipinski definition) is 5. The second kappa shape index (κ2) is 9.75. The maximum atomic E-state index is 13.3. The van der Waals surface area contributed by atoms with Crippen molar-refractivity contribution < 1.29 is 17.9 Å². The molecular weight excluding hydrogens is 465 g/mol. The van der Waals surface area contributed by atoms with Gasteiger partial charge in [0.2, 0.25) is 0 Å². The number of anilines is 1. The van der Waals surface area contributed by atoms with E-state index in [2.05, 4.69) is 0 Å². The number of carbonyl (C=O) groups excluding carboxylic acids is 1. The number of amides is 1. The number of sulfonamides is 1. The molecule has 0 atom stereocenters. The molecule has 3 aromatic rings. The van der Waals surface area contributed by atoms with Gasteiger partial charge in [0, 0.05) is 9.92 Å². The SMILES string of the molecule is COc1ccc(N(C(=O)CSc2ccc(Cl)cc2)S(=O)(=O)c2ccccc2)cc1Cl. The Hall–Kier alpha value is -2.19. The van der Waals surface area contributed by atoms with E-state index in [1.165, 1.54) is 49.2 Å². The molecule has 156 valence electrons. The van der Waals surface area contributed by atoms with Crippen molar-refractivity contribution in [2.45, 2.75) is 9.79 Å². The zero-order valence-electron chi connectivity index (χ0n) is 15.8. The first-order valence-electron chi connectivity index (χ1n) is 8.68. The number of hydrogen-bond donors (Lipinski definition) is 0. The molecule has 1 amide bonds. The van der Waals surface area contributed by atoms with Gasteiger partial charge < -0.3 is 4.74 Å². The minimum absolute atomic E-state index is 0.00165. The number of thioether (sulfide) groups is 1. The van der Waals surface area contributed by atoms with E-state index in [0.29, 0.717) is 10.8 Å². The predicted molar refractivity (Wildman–Crippen MR) is 121 cm³/mol. The molecule has 0 aliphatic carbocycles. The number of ether oxygens (including phenoxy) is 1. The molecule has 0 aliphatic rings. The number of rotatable bonds is 7. The Labute approximate surface area is 189 Å². The zero-order valence-corrected chi connectivity index (χ0v) is 18.9. The summed E-state index contributed by atoms with van der Waals surface area (Å²) in [5, 5.41) is 0.772. The van der Waals surface area contributed by atoms with Gasteiger partial charge >= 0.3 is 0 Å².